The van der Waals surface area contributed by atoms with E-state index in [0.717, 1.165) is 32.5 Å². The highest BCUT2D eigenvalue weighted by atomic mass is 15.2. The first-order valence-corrected chi connectivity index (χ1v) is 6.51. The van der Waals surface area contributed by atoms with E-state index in [9.17, 15) is 0 Å². The van der Waals surface area contributed by atoms with Gasteiger partial charge in [0.2, 0.25) is 0 Å². The summed E-state index contributed by atoms with van der Waals surface area (Å²) in [5.41, 5.74) is 13.4. The minimum Gasteiger partial charge on any atom is -0.326 e. The Hall–Kier alpha value is -0.900. The summed E-state index contributed by atoms with van der Waals surface area (Å²) in [4.78, 5) is 2.40. The van der Waals surface area contributed by atoms with Gasteiger partial charge < -0.3 is 16.4 Å². The first-order chi connectivity index (χ1) is 8.24. The molecule has 1 heterocycles. The minimum absolute atomic E-state index is 0.260. The largest absolute Gasteiger partial charge is 0.326 e. The molecule has 94 valence electrons. The Morgan fingerprint density at radius 3 is 2.35 bits per heavy atom. The van der Waals surface area contributed by atoms with E-state index in [1.54, 1.807) is 0 Å². The number of nitrogens with two attached hydrogens (primary N) is 2. The smallest absolute Gasteiger partial charge is 0.0183 e. The molecule has 1 fully saturated rings. The van der Waals surface area contributed by atoms with Crippen LogP contribution in [0.5, 0.6) is 0 Å². The molecule has 2 rings (SSSR count). The number of nitrogens with zero attached hydrogens (tertiary/aromatic N) is 1. The van der Waals surface area contributed by atoms with Crippen LogP contribution in [0.4, 0.5) is 0 Å². The normalized spacial score (nSPS) is 26.0. The van der Waals surface area contributed by atoms with E-state index in [2.05, 4.69) is 35.2 Å². The Bertz CT molecular complexity index is 315. The molecule has 17 heavy (non-hydrogen) atoms. The van der Waals surface area contributed by atoms with Gasteiger partial charge in [-0.25, -0.2) is 0 Å². The van der Waals surface area contributed by atoms with E-state index in [1.165, 1.54) is 12.0 Å². The summed E-state index contributed by atoms with van der Waals surface area (Å²) in [6, 6.07) is 11.2. The van der Waals surface area contributed by atoms with Crippen LogP contribution >= 0.6 is 0 Å². The molecule has 0 radical (unpaired) electrons. The van der Waals surface area contributed by atoms with Crippen molar-refractivity contribution >= 4 is 0 Å². The average Bonchev–Trinajstić information content (AvgIpc) is 2.29. The van der Waals surface area contributed by atoms with E-state index in [-0.39, 0.29) is 12.1 Å². The molecule has 1 saturated heterocycles. The van der Waals surface area contributed by atoms with E-state index in [0.29, 0.717) is 0 Å². The highest BCUT2D eigenvalue weighted by Gasteiger charge is 2.21. The first-order valence-electron chi connectivity index (χ1n) is 6.51. The summed E-state index contributed by atoms with van der Waals surface area (Å²) in [5.74, 6) is 0. The van der Waals surface area contributed by atoms with Crippen LogP contribution in [-0.2, 0) is 6.42 Å². The van der Waals surface area contributed by atoms with Crippen LogP contribution in [0.25, 0.3) is 0 Å². The van der Waals surface area contributed by atoms with E-state index in [1.807, 2.05) is 0 Å². The lowest BCUT2D eigenvalue weighted by atomic mass is 10.0. The molecule has 0 amide bonds. The lowest BCUT2D eigenvalue weighted by molar-refractivity contribution is 0.188. The van der Waals surface area contributed by atoms with Crippen molar-refractivity contribution in [1.82, 2.24) is 4.90 Å². The number of aryl methyl sites for hydroxylation is 1. The molecule has 3 heteroatoms. The van der Waals surface area contributed by atoms with Crippen molar-refractivity contribution in [2.45, 2.75) is 31.3 Å². The molecule has 1 aromatic carbocycles. The summed E-state index contributed by atoms with van der Waals surface area (Å²) in [6.07, 6.45) is 3.29. The zero-order chi connectivity index (χ0) is 12.1. The molecular weight excluding hydrogens is 210 g/mol. The number of hydrogen-bond acceptors (Lipinski definition) is 3. The van der Waals surface area contributed by atoms with E-state index >= 15 is 0 Å². The quantitative estimate of drug-likeness (QED) is 0.815. The fourth-order valence-electron chi connectivity index (χ4n) is 2.61. The van der Waals surface area contributed by atoms with Gasteiger partial charge in [0.05, 0.1) is 0 Å². The van der Waals surface area contributed by atoms with Gasteiger partial charge in [0.25, 0.3) is 0 Å². The fourth-order valence-corrected chi connectivity index (χ4v) is 2.61. The standard InChI is InChI=1S/C14H23N3/c15-13-9-14(16)11-17(10-13)8-4-7-12-5-2-1-3-6-12/h1-3,5-6,13-14H,4,7-11,15-16H2. The Morgan fingerprint density at radius 1 is 1.06 bits per heavy atom. The van der Waals surface area contributed by atoms with Crippen molar-refractivity contribution in [1.29, 1.82) is 0 Å². The molecule has 4 N–H and O–H groups in total. The summed E-state index contributed by atoms with van der Waals surface area (Å²) < 4.78 is 0. The second kappa shape index (κ2) is 6.15. The van der Waals surface area contributed by atoms with Crippen molar-refractivity contribution < 1.29 is 0 Å². The van der Waals surface area contributed by atoms with Gasteiger partial charge in [0, 0.05) is 25.2 Å². The molecule has 1 aliphatic rings. The van der Waals surface area contributed by atoms with Crippen LogP contribution in [0, 0.1) is 0 Å². The molecule has 1 aromatic rings. The molecular formula is C14H23N3. The van der Waals surface area contributed by atoms with Crippen LogP contribution < -0.4 is 11.5 Å². The molecule has 2 unspecified atom stereocenters. The highest BCUT2D eigenvalue weighted by molar-refractivity contribution is 5.14. The van der Waals surface area contributed by atoms with Gasteiger partial charge in [-0.3, -0.25) is 0 Å². The van der Waals surface area contributed by atoms with Crippen LogP contribution in [-0.4, -0.2) is 36.6 Å². The van der Waals surface area contributed by atoms with Crippen molar-refractivity contribution in [2.75, 3.05) is 19.6 Å². The topological polar surface area (TPSA) is 55.3 Å². The summed E-state index contributed by atoms with van der Waals surface area (Å²) in [6.45, 7) is 3.11. The Balaban J connectivity index is 1.71. The van der Waals surface area contributed by atoms with Crippen LogP contribution in [0.15, 0.2) is 30.3 Å². The number of piperidine rings is 1. The van der Waals surface area contributed by atoms with Gasteiger partial charge >= 0.3 is 0 Å². The Kier molecular flexibility index (Phi) is 4.54. The van der Waals surface area contributed by atoms with Crippen molar-refractivity contribution in [3.63, 3.8) is 0 Å². The predicted molar refractivity (Wildman–Crippen MR) is 71.8 cm³/mol. The van der Waals surface area contributed by atoms with Crippen LogP contribution in [0.2, 0.25) is 0 Å². The third-order valence-electron chi connectivity index (χ3n) is 3.37. The van der Waals surface area contributed by atoms with Crippen molar-refractivity contribution in [2.24, 2.45) is 11.5 Å². The van der Waals surface area contributed by atoms with Crippen molar-refractivity contribution in [3.05, 3.63) is 35.9 Å². The molecule has 0 spiro atoms. The van der Waals surface area contributed by atoms with E-state index < -0.39 is 0 Å². The SMILES string of the molecule is NC1CC(N)CN(CCCc2ccccc2)C1. The number of benzene rings is 1. The van der Waals surface area contributed by atoms with Crippen molar-refractivity contribution in [3.8, 4) is 0 Å². The van der Waals surface area contributed by atoms with Gasteiger partial charge in [-0.05, 0) is 31.4 Å². The van der Waals surface area contributed by atoms with Gasteiger partial charge in [0.1, 0.15) is 0 Å². The van der Waals surface area contributed by atoms with Gasteiger partial charge in [-0.15, -0.1) is 0 Å². The summed E-state index contributed by atoms with van der Waals surface area (Å²) in [7, 11) is 0. The van der Waals surface area contributed by atoms with Crippen LogP contribution in [0.1, 0.15) is 18.4 Å². The second-order valence-electron chi connectivity index (χ2n) is 5.10. The molecule has 1 aliphatic heterocycles. The highest BCUT2D eigenvalue weighted by Crippen LogP contribution is 2.09. The zero-order valence-corrected chi connectivity index (χ0v) is 10.4. The monoisotopic (exact) mass is 233 g/mol. The third-order valence-corrected chi connectivity index (χ3v) is 3.37. The predicted octanol–water partition coefficient (Wildman–Crippen LogP) is 0.980. The Labute approximate surface area is 104 Å². The lowest BCUT2D eigenvalue weighted by Crippen LogP contribution is -2.52. The first kappa shape index (κ1) is 12.6. The molecule has 2 atom stereocenters. The number of likely N-dealkylation sites (tertiary alicyclic amines) is 1. The van der Waals surface area contributed by atoms with Gasteiger partial charge in [-0.1, -0.05) is 30.3 Å². The van der Waals surface area contributed by atoms with Crippen LogP contribution in [0.3, 0.4) is 0 Å². The van der Waals surface area contributed by atoms with E-state index in [4.69, 9.17) is 11.5 Å². The molecule has 0 bridgehead atoms. The Morgan fingerprint density at radius 2 is 1.71 bits per heavy atom. The maximum atomic E-state index is 5.98. The number of rotatable bonds is 4. The maximum absolute atomic E-state index is 5.98. The second-order valence-corrected chi connectivity index (χ2v) is 5.10. The molecule has 0 aromatic heterocycles. The molecule has 3 nitrogen and oxygen atoms in total. The third kappa shape index (κ3) is 4.11. The van der Waals surface area contributed by atoms with Gasteiger partial charge in [0.15, 0.2) is 0 Å². The lowest BCUT2D eigenvalue weighted by Gasteiger charge is -2.34. The fraction of sp³-hybridized carbons (Fsp3) is 0.571. The minimum atomic E-state index is 0.260. The zero-order valence-electron chi connectivity index (χ0n) is 10.4. The molecule has 0 aliphatic carbocycles. The summed E-state index contributed by atoms with van der Waals surface area (Å²) >= 11 is 0. The summed E-state index contributed by atoms with van der Waals surface area (Å²) in [5, 5.41) is 0. The molecule has 0 saturated carbocycles. The average molecular weight is 233 g/mol. The maximum Gasteiger partial charge on any atom is 0.0183 e. The van der Waals surface area contributed by atoms with Gasteiger partial charge in [-0.2, -0.15) is 0 Å². The number of hydrogen-bond donors (Lipinski definition) is 2.